The molecule has 0 saturated carbocycles. The summed E-state index contributed by atoms with van der Waals surface area (Å²) >= 11 is 0. The molecule has 0 saturated heterocycles. The number of aryl methyl sites for hydroxylation is 1. The summed E-state index contributed by atoms with van der Waals surface area (Å²) in [6.45, 7) is 2.11. The lowest BCUT2D eigenvalue weighted by Crippen LogP contribution is -2.42. The monoisotopic (exact) mass is 283 g/mol. The molecular weight excluding hydrogens is 266 g/mol. The highest BCUT2D eigenvalue weighted by molar-refractivity contribution is 5.79. The molecule has 0 aromatic carbocycles. The van der Waals surface area contributed by atoms with E-state index in [1.54, 1.807) is 6.33 Å². The molecule has 2 aliphatic rings. The first-order chi connectivity index (χ1) is 10.3. The van der Waals surface area contributed by atoms with Gasteiger partial charge in [-0.15, -0.1) is 0 Å². The number of nitrogens with zero attached hydrogens (tertiary/aromatic N) is 5. The summed E-state index contributed by atoms with van der Waals surface area (Å²) < 4.78 is 1.87. The molecule has 21 heavy (non-hydrogen) atoms. The maximum atomic E-state index is 12.7. The topological polar surface area (TPSA) is 63.9 Å². The van der Waals surface area contributed by atoms with Crippen LogP contribution < -0.4 is 0 Å². The van der Waals surface area contributed by atoms with E-state index in [0.29, 0.717) is 13.1 Å². The first-order valence-electron chi connectivity index (χ1n) is 7.39. The van der Waals surface area contributed by atoms with E-state index in [0.717, 1.165) is 37.3 Å². The number of hydrogen-bond donors (Lipinski definition) is 0. The van der Waals surface area contributed by atoms with Gasteiger partial charge >= 0.3 is 0 Å². The van der Waals surface area contributed by atoms with Crippen molar-refractivity contribution in [3.63, 3.8) is 0 Å². The molecule has 0 radical (unpaired) electrons. The Labute approximate surface area is 122 Å². The fourth-order valence-electron chi connectivity index (χ4n) is 3.25. The average molecular weight is 283 g/mol. The predicted molar refractivity (Wildman–Crippen MR) is 75.2 cm³/mol. The van der Waals surface area contributed by atoms with Gasteiger partial charge in [-0.05, 0) is 18.1 Å². The number of aromatic nitrogens is 4. The Hall–Kier alpha value is -2.24. The zero-order chi connectivity index (χ0) is 14.2. The minimum absolute atomic E-state index is 0.0254. The van der Waals surface area contributed by atoms with Gasteiger partial charge < -0.3 is 4.90 Å². The molecule has 6 nitrogen and oxygen atoms in total. The van der Waals surface area contributed by atoms with E-state index in [9.17, 15) is 4.79 Å². The number of fused-ring (bicyclic) bond motifs is 2. The highest BCUT2D eigenvalue weighted by atomic mass is 16.2. The molecule has 1 amide bonds. The first-order valence-corrected chi connectivity index (χ1v) is 7.39. The summed E-state index contributed by atoms with van der Waals surface area (Å²) in [5, 5.41) is 4.20. The Morgan fingerprint density at radius 1 is 1.29 bits per heavy atom. The predicted octanol–water partition coefficient (Wildman–Crippen LogP) is 0.820. The molecule has 1 unspecified atom stereocenters. The van der Waals surface area contributed by atoms with Gasteiger partial charge in [0, 0.05) is 37.8 Å². The fraction of sp³-hybridized carbons (Fsp3) is 0.467. The fourth-order valence-corrected chi connectivity index (χ4v) is 3.25. The van der Waals surface area contributed by atoms with Crippen LogP contribution in [0.4, 0.5) is 0 Å². The van der Waals surface area contributed by atoms with E-state index in [-0.39, 0.29) is 11.8 Å². The Balaban J connectivity index is 1.49. The van der Waals surface area contributed by atoms with Gasteiger partial charge in [-0.25, -0.2) is 9.67 Å². The molecule has 0 fully saturated rings. The minimum Gasteiger partial charge on any atom is -0.338 e. The van der Waals surface area contributed by atoms with Gasteiger partial charge in [0.05, 0.1) is 12.5 Å². The van der Waals surface area contributed by atoms with Crippen molar-refractivity contribution in [1.29, 1.82) is 0 Å². The zero-order valence-corrected chi connectivity index (χ0v) is 11.8. The van der Waals surface area contributed by atoms with Gasteiger partial charge in [0.25, 0.3) is 0 Å². The summed E-state index contributed by atoms with van der Waals surface area (Å²) in [6, 6.07) is 4.01. The third kappa shape index (κ3) is 2.20. The van der Waals surface area contributed by atoms with Crippen molar-refractivity contribution >= 4 is 5.91 Å². The summed E-state index contributed by atoms with van der Waals surface area (Å²) in [4.78, 5) is 23.3. The van der Waals surface area contributed by atoms with Crippen molar-refractivity contribution in [3.8, 4) is 0 Å². The molecule has 1 atom stereocenters. The number of rotatable bonds is 1. The number of carbonyl (C=O) groups is 1. The van der Waals surface area contributed by atoms with E-state index < -0.39 is 0 Å². The molecular formula is C15H17N5O. The Morgan fingerprint density at radius 2 is 2.24 bits per heavy atom. The van der Waals surface area contributed by atoms with Crippen molar-refractivity contribution in [1.82, 2.24) is 24.6 Å². The number of pyridine rings is 1. The molecule has 0 N–H and O–H groups in total. The van der Waals surface area contributed by atoms with Crippen LogP contribution in [-0.4, -0.2) is 37.1 Å². The summed E-state index contributed by atoms with van der Waals surface area (Å²) in [5.74, 6) is 1.26. The largest absolute Gasteiger partial charge is 0.338 e. The van der Waals surface area contributed by atoms with E-state index in [1.165, 1.54) is 5.56 Å². The van der Waals surface area contributed by atoms with Gasteiger partial charge in [0.15, 0.2) is 0 Å². The van der Waals surface area contributed by atoms with Crippen LogP contribution in [0.3, 0.4) is 0 Å². The third-order valence-electron chi connectivity index (χ3n) is 4.43. The molecule has 0 spiro atoms. The van der Waals surface area contributed by atoms with Crippen LogP contribution in [0, 0.1) is 5.92 Å². The smallest absolute Gasteiger partial charge is 0.227 e. The quantitative estimate of drug-likeness (QED) is 0.777. The number of amides is 1. The van der Waals surface area contributed by atoms with Gasteiger partial charge in [0.1, 0.15) is 12.2 Å². The lowest BCUT2D eigenvalue weighted by atomic mass is 9.96. The van der Waals surface area contributed by atoms with Crippen molar-refractivity contribution in [2.24, 2.45) is 5.92 Å². The van der Waals surface area contributed by atoms with Gasteiger partial charge in [0.2, 0.25) is 5.91 Å². The second-order valence-electron chi connectivity index (χ2n) is 5.71. The lowest BCUT2D eigenvalue weighted by molar-refractivity contribution is -0.137. The van der Waals surface area contributed by atoms with Crippen LogP contribution in [0.1, 0.15) is 23.5 Å². The maximum absolute atomic E-state index is 12.7. The number of hydrogen-bond acceptors (Lipinski definition) is 4. The summed E-state index contributed by atoms with van der Waals surface area (Å²) in [5.41, 5.74) is 2.30. The highest BCUT2D eigenvalue weighted by Gasteiger charge is 2.31. The summed E-state index contributed by atoms with van der Waals surface area (Å²) in [7, 11) is 0. The third-order valence-corrected chi connectivity index (χ3v) is 4.43. The number of carbonyl (C=O) groups excluding carboxylic acids is 1. The van der Waals surface area contributed by atoms with Crippen molar-refractivity contribution < 1.29 is 4.79 Å². The molecule has 4 heterocycles. The normalized spacial score (nSPS) is 20.8. The lowest BCUT2D eigenvalue weighted by Gasteiger charge is -2.32. The van der Waals surface area contributed by atoms with Crippen molar-refractivity contribution in [3.05, 3.63) is 41.7 Å². The SMILES string of the molecule is O=C(C1CCc2ncnn2C1)N1CCc2ncccc2C1. The summed E-state index contributed by atoms with van der Waals surface area (Å²) in [6.07, 6.45) is 5.95. The second-order valence-corrected chi connectivity index (χ2v) is 5.71. The van der Waals surface area contributed by atoms with Crippen LogP contribution in [0.2, 0.25) is 0 Å². The van der Waals surface area contributed by atoms with Gasteiger partial charge in [-0.1, -0.05) is 6.07 Å². The molecule has 2 aromatic heterocycles. The first kappa shape index (κ1) is 12.5. The highest BCUT2D eigenvalue weighted by Crippen LogP contribution is 2.23. The molecule has 4 rings (SSSR count). The van der Waals surface area contributed by atoms with E-state index >= 15 is 0 Å². The van der Waals surface area contributed by atoms with Gasteiger partial charge in [-0.3, -0.25) is 9.78 Å². The van der Waals surface area contributed by atoms with Crippen molar-refractivity contribution in [2.75, 3.05) is 6.54 Å². The Kier molecular flexibility index (Phi) is 2.94. The molecule has 108 valence electrons. The van der Waals surface area contributed by atoms with E-state index in [2.05, 4.69) is 21.1 Å². The molecule has 0 bridgehead atoms. The molecule has 2 aromatic rings. The van der Waals surface area contributed by atoms with Crippen LogP contribution >= 0.6 is 0 Å². The zero-order valence-electron chi connectivity index (χ0n) is 11.8. The van der Waals surface area contributed by atoms with Gasteiger partial charge in [-0.2, -0.15) is 5.10 Å². The van der Waals surface area contributed by atoms with E-state index in [4.69, 9.17) is 0 Å². The van der Waals surface area contributed by atoms with Crippen LogP contribution in [0.15, 0.2) is 24.7 Å². The van der Waals surface area contributed by atoms with Crippen molar-refractivity contribution in [2.45, 2.75) is 32.4 Å². The Bertz CT molecular complexity index is 680. The minimum atomic E-state index is 0.0254. The molecule has 6 heteroatoms. The van der Waals surface area contributed by atoms with Crippen LogP contribution in [0.5, 0.6) is 0 Å². The molecule has 0 aliphatic carbocycles. The standard InChI is InChI=1S/C15H17N5O/c21-15(12-3-4-14-17-10-18-20(14)9-12)19-7-5-13-11(8-19)2-1-6-16-13/h1-2,6,10,12H,3-5,7-9H2. The van der Waals surface area contributed by atoms with Crippen LogP contribution in [0.25, 0.3) is 0 Å². The second kappa shape index (κ2) is 4.95. The van der Waals surface area contributed by atoms with Crippen LogP contribution in [-0.2, 0) is 30.7 Å². The Morgan fingerprint density at radius 3 is 3.19 bits per heavy atom. The van der Waals surface area contributed by atoms with E-state index in [1.807, 2.05) is 21.8 Å². The molecule has 2 aliphatic heterocycles. The maximum Gasteiger partial charge on any atom is 0.227 e. The average Bonchev–Trinajstić information content (AvgIpc) is 3.01.